The number of nitrogens with zero attached hydrogens (tertiary/aromatic N) is 2. The lowest BCUT2D eigenvalue weighted by molar-refractivity contribution is -0.671. The molecule has 1 aromatic heterocycles. The van der Waals surface area contributed by atoms with Gasteiger partial charge in [-0.15, -0.1) is 0 Å². The van der Waals surface area contributed by atoms with E-state index in [4.69, 9.17) is 0 Å². The molecule has 0 aliphatic carbocycles. The highest BCUT2D eigenvalue weighted by molar-refractivity contribution is 8.03. The first-order chi connectivity index (χ1) is 26.8. The van der Waals surface area contributed by atoms with Crippen molar-refractivity contribution >= 4 is 34.4 Å². The van der Waals surface area contributed by atoms with Crippen LogP contribution in [0.4, 0.5) is 5.69 Å². The Bertz CT molecular complexity index is 1460. The maximum Gasteiger partial charge on any atom is 0.213 e. The zero-order chi connectivity index (χ0) is 37.7. The number of benzene rings is 2. The number of anilines is 1. The van der Waals surface area contributed by atoms with E-state index in [9.17, 15) is 0 Å². The number of hydrogen-bond acceptors (Lipinski definition) is 2. The molecule has 1 aliphatic rings. The quantitative estimate of drug-likeness (QED) is 0.0463. The highest BCUT2D eigenvalue weighted by atomic mass is 32.2. The fourth-order valence-corrected chi connectivity index (χ4v) is 9.33. The molecular formula is C51H79N2S+. The van der Waals surface area contributed by atoms with Gasteiger partial charge in [-0.25, -0.2) is 0 Å². The maximum absolute atomic E-state index is 2.57. The zero-order valence-corrected chi connectivity index (χ0v) is 35.8. The first kappa shape index (κ1) is 44.2. The molecule has 0 radical (unpaired) electrons. The average Bonchev–Trinajstić information content (AvgIpc) is 3.55. The molecule has 0 bridgehead atoms. The molecule has 0 saturated heterocycles. The normalized spacial score (nSPS) is 13.6. The van der Waals surface area contributed by atoms with Gasteiger partial charge in [0.1, 0.15) is 6.54 Å². The number of hydrogen-bond donors (Lipinski definition) is 0. The predicted octanol–water partition coefficient (Wildman–Crippen LogP) is 16.6. The monoisotopic (exact) mass is 752 g/mol. The Morgan fingerprint density at radius 3 is 1.57 bits per heavy atom. The highest BCUT2D eigenvalue weighted by Crippen LogP contribution is 2.46. The molecule has 4 rings (SSSR count). The Labute approximate surface area is 337 Å². The molecule has 0 unspecified atom stereocenters. The van der Waals surface area contributed by atoms with Crippen LogP contribution in [0, 0.1) is 0 Å². The summed E-state index contributed by atoms with van der Waals surface area (Å²) >= 11 is 1.93. The first-order valence-corrected chi connectivity index (χ1v) is 24.0. The van der Waals surface area contributed by atoms with Gasteiger partial charge in [0.15, 0.2) is 6.20 Å². The first-order valence-electron chi connectivity index (χ1n) is 23.2. The fraction of sp³-hybridized carbons (Fsp3) is 0.627. The van der Waals surface area contributed by atoms with Crippen molar-refractivity contribution < 1.29 is 4.57 Å². The third-order valence-electron chi connectivity index (χ3n) is 11.6. The van der Waals surface area contributed by atoms with Crippen LogP contribution in [-0.4, -0.2) is 6.54 Å². The zero-order valence-electron chi connectivity index (χ0n) is 35.0. The number of aryl methyl sites for hydroxylation is 1. The Hall–Kier alpha value is -2.52. The largest absolute Gasteiger partial charge is 0.335 e. The van der Waals surface area contributed by atoms with E-state index >= 15 is 0 Å². The topological polar surface area (TPSA) is 7.12 Å². The standard InChI is InChI=1S/C51H79N2S/c1-3-5-7-9-11-13-15-17-19-21-23-25-27-33-43-52-45-42-46(47-37-29-30-38-48(47)52)36-35-41-51-53(49-39-31-32-40-50(49)54-51)44-34-28-26-24-22-20-18-16-14-12-10-8-6-4-2/h29-32,35-42,45H,3-28,33-34,43-44H2,1-2H3/q+1. The van der Waals surface area contributed by atoms with Gasteiger partial charge in [-0.05, 0) is 42.7 Å². The summed E-state index contributed by atoms with van der Waals surface area (Å²) in [5.74, 6) is 0. The molecule has 2 aromatic carbocycles. The van der Waals surface area contributed by atoms with Gasteiger partial charge >= 0.3 is 0 Å². The van der Waals surface area contributed by atoms with E-state index in [1.807, 2.05) is 11.8 Å². The Morgan fingerprint density at radius 1 is 0.519 bits per heavy atom. The molecule has 2 heterocycles. The molecule has 3 heteroatoms. The number of pyridine rings is 1. The number of fused-ring (bicyclic) bond motifs is 2. The lowest BCUT2D eigenvalue weighted by Crippen LogP contribution is -2.34. The van der Waals surface area contributed by atoms with Crippen molar-refractivity contribution in [2.45, 2.75) is 205 Å². The van der Waals surface area contributed by atoms with Gasteiger partial charge < -0.3 is 4.90 Å². The summed E-state index contributed by atoms with van der Waals surface area (Å²) in [7, 11) is 0. The summed E-state index contributed by atoms with van der Waals surface area (Å²) in [5.41, 5.74) is 4.04. The second-order valence-electron chi connectivity index (χ2n) is 16.3. The van der Waals surface area contributed by atoms with Crippen LogP contribution in [0.2, 0.25) is 0 Å². The summed E-state index contributed by atoms with van der Waals surface area (Å²) in [5, 5.41) is 2.71. The average molecular weight is 752 g/mol. The number of rotatable bonds is 32. The summed E-state index contributed by atoms with van der Waals surface area (Å²) < 4.78 is 2.48. The van der Waals surface area contributed by atoms with E-state index in [2.05, 4.69) is 102 Å². The van der Waals surface area contributed by atoms with E-state index in [1.165, 1.54) is 212 Å². The SMILES string of the molecule is CCCCCCCCCCCCCCCCN1/C(=C/C=C/c2cc[n+](CCCCCCCCCCCCCCCC)c3ccccc23)Sc2ccccc21. The Morgan fingerprint density at radius 2 is 1.00 bits per heavy atom. The minimum absolute atomic E-state index is 1.11. The van der Waals surface area contributed by atoms with Crippen LogP contribution in [0.3, 0.4) is 0 Å². The lowest BCUT2D eigenvalue weighted by atomic mass is 10.0. The number of para-hydroxylation sites is 2. The molecule has 3 aromatic rings. The molecule has 54 heavy (non-hydrogen) atoms. The van der Waals surface area contributed by atoms with Crippen LogP contribution in [0.1, 0.15) is 199 Å². The van der Waals surface area contributed by atoms with Gasteiger partial charge in [0, 0.05) is 30.0 Å². The van der Waals surface area contributed by atoms with Crippen molar-refractivity contribution in [2.24, 2.45) is 0 Å². The van der Waals surface area contributed by atoms with Crippen molar-refractivity contribution in [3.63, 3.8) is 0 Å². The van der Waals surface area contributed by atoms with Crippen LogP contribution >= 0.6 is 11.8 Å². The number of aromatic nitrogens is 1. The summed E-state index contributed by atoms with van der Waals surface area (Å²) in [6.45, 7) is 6.82. The van der Waals surface area contributed by atoms with Crippen LogP contribution in [0.15, 0.2) is 82.9 Å². The second kappa shape index (κ2) is 28.8. The smallest absolute Gasteiger partial charge is 0.213 e. The minimum atomic E-state index is 1.11. The molecule has 0 spiro atoms. The van der Waals surface area contributed by atoms with Gasteiger partial charge in [0.05, 0.1) is 16.1 Å². The van der Waals surface area contributed by atoms with Crippen LogP contribution in [0.5, 0.6) is 0 Å². The number of thioether (sulfide) groups is 1. The summed E-state index contributed by atoms with van der Waals surface area (Å²) in [4.78, 5) is 3.95. The van der Waals surface area contributed by atoms with Crippen LogP contribution in [-0.2, 0) is 6.54 Å². The molecule has 0 saturated carbocycles. The summed E-state index contributed by atoms with van der Waals surface area (Å²) in [6.07, 6.45) is 48.6. The van der Waals surface area contributed by atoms with Crippen molar-refractivity contribution in [1.29, 1.82) is 0 Å². The van der Waals surface area contributed by atoms with E-state index in [1.54, 1.807) is 0 Å². The molecule has 0 amide bonds. The Kier molecular flexibility index (Phi) is 23.6. The van der Waals surface area contributed by atoms with Gasteiger partial charge in [0.2, 0.25) is 5.52 Å². The van der Waals surface area contributed by atoms with Crippen molar-refractivity contribution in [2.75, 3.05) is 11.4 Å². The highest BCUT2D eigenvalue weighted by Gasteiger charge is 2.23. The second-order valence-corrected chi connectivity index (χ2v) is 17.3. The van der Waals surface area contributed by atoms with Crippen molar-refractivity contribution in [3.05, 3.63) is 83.5 Å². The van der Waals surface area contributed by atoms with Crippen molar-refractivity contribution in [3.8, 4) is 0 Å². The Balaban J connectivity index is 1.16. The van der Waals surface area contributed by atoms with E-state index < -0.39 is 0 Å². The van der Waals surface area contributed by atoms with Crippen molar-refractivity contribution in [1.82, 2.24) is 0 Å². The van der Waals surface area contributed by atoms with E-state index in [0.717, 1.165) is 13.1 Å². The van der Waals surface area contributed by atoms with Gasteiger partial charge in [-0.1, -0.05) is 223 Å². The molecule has 2 nitrogen and oxygen atoms in total. The maximum atomic E-state index is 2.57. The lowest BCUT2D eigenvalue weighted by Gasteiger charge is -2.20. The molecule has 0 N–H and O–H groups in total. The van der Waals surface area contributed by atoms with Crippen LogP contribution < -0.4 is 9.47 Å². The predicted molar refractivity (Wildman–Crippen MR) is 242 cm³/mol. The van der Waals surface area contributed by atoms with Gasteiger partial charge in [0.25, 0.3) is 0 Å². The number of allylic oxidation sites excluding steroid dienone is 2. The van der Waals surface area contributed by atoms with Gasteiger partial charge in [-0.2, -0.15) is 4.57 Å². The minimum Gasteiger partial charge on any atom is -0.335 e. The van der Waals surface area contributed by atoms with Gasteiger partial charge in [-0.3, -0.25) is 0 Å². The van der Waals surface area contributed by atoms with E-state index in [-0.39, 0.29) is 0 Å². The molecule has 0 fully saturated rings. The third kappa shape index (κ3) is 17.1. The molecule has 1 aliphatic heterocycles. The summed E-state index contributed by atoms with van der Waals surface area (Å²) in [6, 6.07) is 20.3. The molecular weight excluding hydrogens is 673 g/mol. The fourth-order valence-electron chi connectivity index (χ4n) is 8.23. The third-order valence-corrected chi connectivity index (χ3v) is 12.7. The molecule has 0 atom stereocenters. The number of unbranched alkanes of at least 4 members (excludes halogenated alkanes) is 26. The van der Waals surface area contributed by atoms with Crippen LogP contribution in [0.25, 0.3) is 17.0 Å². The molecule has 298 valence electrons. The van der Waals surface area contributed by atoms with E-state index in [0.29, 0.717) is 0 Å².